The van der Waals surface area contributed by atoms with Gasteiger partial charge in [0.1, 0.15) is 23.5 Å². The van der Waals surface area contributed by atoms with E-state index in [0.29, 0.717) is 11.8 Å². The zero-order valence-electron chi connectivity index (χ0n) is 16.0. The number of rotatable bonds is 6. The molecule has 1 fully saturated rings. The molecule has 0 saturated carbocycles. The lowest BCUT2D eigenvalue weighted by Crippen LogP contribution is -2.41. The number of H-pyrrole nitrogens is 1. The van der Waals surface area contributed by atoms with Crippen LogP contribution in [0.3, 0.4) is 0 Å². The maximum Gasteiger partial charge on any atom is 0.142 e. The highest BCUT2D eigenvalue weighted by molar-refractivity contribution is 5.86. The van der Waals surface area contributed by atoms with Gasteiger partial charge in [0, 0.05) is 25.8 Å². The molecular formula is C21H27N5O. The Morgan fingerprint density at radius 2 is 2.22 bits per heavy atom. The number of nitrogens with zero attached hydrogens (tertiary/aromatic N) is 3. The SMILES string of the molecule is COc1cccc(CN2CCC(C)C(CNc3ncnc4[nH]ccc34)C2)c1. The lowest BCUT2D eigenvalue weighted by Gasteiger charge is -2.37. The predicted octanol–water partition coefficient (Wildman–Crippen LogP) is 3.54. The van der Waals surface area contributed by atoms with Crippen LogP contribution in [0.25, 0.3) is 11.0 Å². The lowest BCUT2D eigenvalue weighted by atomic mass is 9.86. The minimum atomic E-state index is 0.591. The first-order valence-electron chi connectivity index (χ1n) is 9.60. The maximum absolute atomic E-state index is 5.36. The molecule has 0 aliphatic carbocycles. The molecule has 6 nitrogen and oxygen atoms in total. The highest BCUT2D eigenvalue weighted by Crippen LogP contribution is 2.26. The highest BCUT2D eigenvalue weighted by Gasteiger charge is 2.26. The zero-order valence-corrected chi connectivity index (χ0v) is 16.0. The molecule has 2 N–H and O–H groups in total. The first-order valence-corrected chi connectivity index (χ1v) is 9.60. The van der Waals surface area contributed by atoms with Crippen molar-refractivity contribution in [3.05, 3.63) is 48.4 Å². The van der Waals surface area contributed by atoms with E-state index in [9.17, 15) is 0 Å². The number of hydrogen-bond donors (Lipinski definition) is 2. The number of nitrogens with one attached hydrogen (secondary N) is 2. The monoisotopic (exact) mass is 365 g/mol. The Hall–Kier alpha value is -2.60. The number of methoxy groups -OCH3 is 1. The summed E-state index contributed by atoms with van der Waals surface area (Å²) in [7, 11) is 1.72. The number of hydrogen-bond acceptors (Lipinski definition) is 5. The summed E-state index contributed by atoms with van der Waals surface area (Å²) < 4.78 is 5.36. The summed E-state index contributed by atoms with van der Waals surface area (Å²) in [5, 5.41) is 4.61. The van der Waals surface area contributed by atoms with Crippen LogP contribution in [0.1, 0.15) is 18.9 Å². The van der Waals surface area contributed by atoms with Crippen molar-refractivity contribution >= 4 is 16.9 Å². The van der Waals surface area contributed by atoms with E-state index in [1.54, 1.807) is 13.4 Å². The van der Waals surface area contributed by atoms with E-state index in [4.69, 9.17) is 4.74 Å². The Bertz CT molecular complexity index is 893. The molecule has 2 unspecified atom stereocenters. The number of aromatic nitrogens is 3. The van der Waals surface area contributed by atoms with Gasteiger partial charge in [-0.2, -0.15) is 0 Å². The Labute approximate surface area is 160 Å². The number of benzene rings is 1. The normalized spacial score (nSPS) is 20.7. The van der Waals surface area contributed by atoms with Crippen molar-refractivity contribution in [2.24, 2.45) is 11.8 Å². The molecule has 1 aliphatic heterocycles. The fourth-order valence-corrected chi connectivity index (χ4v) is 3.90. The van der Waals surface area contributed by atoms with Gasteiger partial charge in [-0.1, -0.05) is 19.1 Å². The largest absolute Gasteiger partial charge is 0.497 e. The number of anilines is 1. The van der Waals surface area contributed by atoms with E-state index in [1.165, 1.54) is 12.0 Å². The smallest absolute Gasteiger partial charge is 0.142 e. The molecule has 2 atom stereocenters. The summed E-state index contributed by atoms with van der Waals surface area (Å²) >= 11 is 0. The van der Waals surface area contributed by atoms with E-state index < -0.39 is 0 Å². The second kappa shape index (κ2) is 7.96. The van der Waals surface area contributed by atoms with Crippen LogP contribution < -0.4 is 10.1 Å². The maximum atomic E-state index is 5.36. The predicted molar refractivity (Wildman–Crippen MR) is 108 cm³/mol. The second-order valence-corrected chi connectivity index (χ2v) is 7.46. The first-order chi connectivity index (χ1) is 13.2. The van der Waals surface area contributed by atoms with Crippen molar-refractivity contribution in [1.82, 2.24) is 19.9 Å². The van der Waals surface area contributed by atoms with Crippen LogP contribution in [0.4, 0.5) is 5.82 Å². The van der Waals surface area contributed by atoms with Crippen LogP contribution >= 0.6 is 0 Å². The van der Waals surface area contributed by atoms with E-state index in [-0.39, 0.29) is 0 Å². The molecule has 142 valence electrons. The molecule has 3 heterocycles. The summed E-state index contributed by atoms with van der Waals surface area (Å²) in [5.74, 6) is 3.13. The fourth-order valence-electron chi connectivity index (χ4n) is 3.90. The summed E-state index contributed by atoms with van der Waals surface area (Å²) in [5.41, 5.74) is 2.18. The molecule has 1 aliphatic rings. The third-order valence-corrected chi connectivity index (χ3v) is 5.62. The standard InChI is InChI=1S/C21H27N5O/c1-15-7-9-26(12-16-4-3-5-18(10-16)27-2)13-17(15)11-23-21-19-6-8-22-20(19)24-14-25-21/h3-6,8,10,14-15,17H,7,9,11-13H2,1-2H3,(H2,22,23,24,25). The Kier molecular flexibility index (Phi) is 5.25. The van der Waals surface area contributed by atoms with E-state index in [0.717, 1.165) is 48.8 Å². The van der Waals surface area contributed by atoms with Gasteiger partial charge in [0.15, 0.2) is 0 Å². The van der Waals surface area contributed by atoms with Gasteiger partial charge in [-0.3, -0.25) is 4.90 Å². The van der Waals surface area contributed by atoms with Crippen LogP contribution in [-0.2, 0) is 6.54 Å². The highest BCUT2D eigenvalue weighted by atomic mass is 16.5. The molecule has 4 rings (SSSR count). The van der Waals surface area contributed by atoms with Gasteiger partial charge < -0.3 is 15.0 Å². The van der Waals surface area contributed by atoms with Gasteiger partial charge in [0.05, 0.1) is 12.5 Å². The van der Waals surface area contributed by atoms with E-state index >= 15 is 0 Å². The van der Waals surface area contributed by atoms with Crippen molar-refractivity contribution in [3.63, 3.8) is 0 Å². The molecule has 3 aromatic rings. The number of likely N-dealkylation sites (tertiary alicyclic amines) is 1. The molecule has 2 aromatic heterocycles. The third-order valence-electron chi connectivity index (χ3n) is 5.62. The Morgan fingerprint density at radius 1 is 1.30 bits per heavy atom. The Balaban J connectivity index is 1.39. The molecule has 27 heavy (non-hydrogen) atoms. The molecule has 0 amide bonds. The van der Waals surface area contributed by atoms with Crippen LogP contribution in [0, 0.1) is 11.8 Å². The van der Waals surface area contributed by atoms with Crippen LogP contribution in [0.15, 0.2) is 42.9 Å². The average molecular weight is 365 g/mol. The summed E-state index contributed by atoms with van der Waals surface area (Å²) in [4.78, 5) is 14.4. The van der Waals surface area contributed by atoms with Crippen LogP contribution in [-0.4, -0.2) is 46.6 Å². The zero-order chi connectivity index (χ0) is 18.6. The number of ether oxygens (including phenoxy) is 1. The summed E-state index contributed by atoms with van der Waals surface area (Å²) in [6.07, 6.45) is 4.74. The quantitative estimate of drug-likeness (QED) is 0.699. The minimum Gasteiger partial charge on any atom is -0.497 e. The fraction of sp³-hybridized carbons (Fsp3) is 0.429. The van der Waals surface area contributed by atoms with Crippen molar-refractivity contribution in [3.8, 4) is 5.75 Å². The number of aromatic amines is 1. The van der Waals surface area contributed by atoms with Crippen LogP contribution in [0.2, 0.25) is 0 Å². The molecule has 6 heteroatoms. The average Bonchev–Trinajstić information content (AvgIpc) is 3.18. The number of fused-ring (bicyclic) bond motifs is 1. The molecular weight excluding hydrogens is 338 g/mol. The minimum absolute atomic E-state index is 0.591. The molecule has 1 saturated heterocycles. The van der Waals surface area contributed by atoms with E-state index in [1.807, 2.05) is 18.3 Å². The first kappa shape index (κ1) is 17.8. The molecule has 0 spiro atoms. The molecule has 0 bridgehead atoms. The van der Waals surface area contributed by atoms with Crippen LogP contribution in [0.5, 0.6) is 5.75 Å². The van der Waals surface area contributed by atoms with Gasteiger partial charge in [0.25, 0.3) is 0 Å². The van der Waals surface area contributed by atoms with Gasteiger partial charge in [0.2, 0.25) is 0 Å². The van der Waals surface area contributed by atoms with Gasteiger partial charge in [-0.05, 0) is 48.6 Å². The molecule has 1 aromatic carbocycles. The lowest BCUT2D eigenvalue weighted by molar-refractivity contribution is 0.128. The van der Waals surface area contributed by atoms with Crippen molar-refractivity contribution < 1.29 is 4.74 Å². The van der Waals surface area contributed by atoms with Crippen molar-refractivity contribution in [2.75, 3.05) is 32.1 Å². The van der Waals surface area contributed by atoms with Gasteiger partial charge in [-0.15, -0.1) is 0 Å². The summed E-state index contributed by atoms with van der Waals surface area (Å²) in [6, 6.07) is 10.4. The topological polar surface area (TPSA) is 66.1 Å². The Morgan fingerprint density at radius 3 is 3.11 bits per heavy atom. The summed E-state index contributed by atoms with van der Waals surface area (Å²) in [6.45, 7) is 6.49. The van der Waals surface area contributed by atoms with Crippen molar-refractivity contribution in [2.45, 2.75) is 19.9 Å². The second-order valence-electron chi connectivity index (χ2n) is 7.46. The molecule has 0 radical (unpaired) electrons. The third kappa shape index (κ3) is 4.06. The van der Waals surface area contributed by atoms with E-state index in [2.05, 4.69) is 50.3 Å². The van der Waals surface area contributed by atoms with Gasteiger partial charge in [-0.25, -0.2) is 9.97 Å². The number of piperidine rings is 1. The van der Waals surface area contributed by atoms with Gasteiger partial charge >= 0.3 is 0 Å². The van der Waals surface area contributed by atoms with Crippen molar-refractivity contribution in [1.29, 1.82) is 0 Å².